The largest absolute Gasteiger partial charge is 0.298 e. The Bertz CT molecular complexity index is 540. The van der Waals surface area contributed by atoms with Crippen molar-refractivity contribution in [1.82, 2.24) is 4.98 Å². The third-order valence-electron chi connectivity index (χ3n) is 2.15. The topological polar surface area (TPSA) is 30.0 Å². The maximum absolute atomic E-state index is 10.9. The highest BCUT2D eigenvalue weighted by atomic mass is 35.5. The van der Waals surface area contributed by atoms with Crippen LogP contribution in [0.15, 0.2) is 36.5 Å². The number of benzene rings is 1. The van der Waals surface area contributed by atoms with Crippen molar-refractivity contribution < 1.29 is 4.79 Å². The van der Waals surface area contributed by atoms with Crippen LogP contribution in [0, 0.1) is 0 Å². The number of hydrogen-bond donors (Lipinski definition) is 0. The van der Waals surface area contributed by atoms with E-state index in [-0.39, 0.29) is 0 Å². The maximum atomic E-state index is 10.9. The van der Waals surface area contributed by atoms with E-state index in [1.54, 1.807) is 36.5 Å². The highest BCUT2D eigenvalue weighted by Crippen LogP contribution is 2.30. The average molecular weight is 252 g/mol. The minimum atomic E-state index is 0.492. The van der Waals surface area contributed by atoms with Crippen molar-refractivity contribution in [3.05, 3.63) is 52.1 Å². The summed E-state index contributed by atoms with van der Waals surface area (Å²) in [4.78, 5) is 15.0. The summed E-state index contributed by atoms with van der Waals surface area (Å²) in [5, 5.41) is 1.08. The summed E-state index contributed by atoms with van der Waals surface area (Å²) >= 11 is 11.9. The SMILES string of the molecule is O=Cc1cccnc1-c1cc(Cl)ccc1Cl. The number of hydrogen-bond acceptors (Lipinski definition) is 2. The average Bonchev–Trinajstić information content (AvgIpc) is 2.32. The first-order valence-electron chi connectivity index (χ1n) is 4.58. The van der Waals surface area contributed by atoms with E-state index in [4.69, 9.17) is 23.2 Å². The lowest BCUT2D eigenvalue weighted by Crippen LogP contribution is -1.91. The second-order valence-electron chi connectivity index (χ2n) is 3.18. The molecular weight excluding hydrogens is 245 g/mol. The monoisotopic (exact) mass is 251 g/mol. The normalized spacial score (nSPS) is 10.1. The van der Waals surface area contributed by atoms with Gasteiger partial charge in [-0.15, -0.1) is 0 Å². The fourth-order valence-electron chi connectivity index (χ4n) is 1.42. The van der Waals surface area contributed by atoms with Crippen LogP contribution in [0.3, 0.4) is 0 Å². The van der Waals surface area contributed by atoms with E-state index in [2.05, 4.69) is 4.98 Å². The lowest BCUT2D eigenvalue weighted by Gasteiger charge is -2.06. The summed E-state index contributed by atoms with van der Waals surface area (Å²) in [5.74, 6) is 0. The molecule has 0 amide bonds. The van der Waals surface area contributed by atoms with Crippen molar-refractivity contribution in [1.29, 1.82) is 0 Å². The van der Waals surface area contributed by atoms with E-state index in [1.165, 1.54) is 0 Å². The van der Waals surface area contributed by atoms with Crippen molar-refractivity contribution in [2.24, 2.45) is 0 Å². The molecule has 0 saturated heterocycles. The summed E-state index contributed by atoms with van der Waals surface area (Å²) in [6.45, 7) is 0. The van der Waals surface area contributed by atoms with Crippen LogP contribution in [-0.4, -0.2) is 11.3 Å². The van der Waals surface area contributed by atoms with Crippen molar-refractivity contribution >= 4 is 29.5 Å². The van der Waals surface area contributed by atoms with Crippen molar-refractivity contribution in [3.8, 4) is 11.3 Å². The van der Waals surface area contributed by atoms with Gasteiger partial charge in [-0.05, 0) is 30.3 Å². The molecule has 0 unspecified atom stereocenters. The minimum Gasteiger partial charge on any atom is -0.298 e. The molecule has 4 heteroatoms. The summed E-state index contributed by atoms with van der Waals surface area (Å²) < 4.78 is 0. The molecule has 1 aromatic carbocycles. The molecule has 0 bridgehead atoms. The molecule has 2 nitrogen and oxygen atoms in total. The Kier molecular flexibility index (Phi) is 3.22. The van der Waals surface area contributed by atoms with Gasteiger partial charge in [0.25, 0.3) is 0 Å². The Labute approximate surface area is 103 Å². The number of halogens is 2. The fourth-order valence-corrected chi connectivity index (χ4v) is 1.80. The zero-order valence-electron chi connectivity index (χ0n) is 8.15. The van der Waals surface area contributed by atoms with E-state index in [9.17, 15) is 4.79 Å². The molecule has 0 radical (unpaired) electrons. The molecule has 1 aromatic heterocycles. The Hall–Kier alpha value is -1.38. The van der Waals surface area contributed by atoms with E-state index in [0.717, 1.165) is 6.29 Å². The number of carbonyl (C=O) groups excluding carboxylic acids is 1. The van der Waals surface area contributed by atoms with Gasteiger partial charge in [-0.1, -0.05) is 23.2 Å². The van der Waals surface area contributed by atoms with Gasteiger partial charge in [-0.2, -0.15) is 0 Å². The van der Waals surface area contributed by atoms with Crippen LogP contribution >= 0.6 is 23.2 Å². The van der Waals surface area contributed by atoms with Crippen LogP contribution in [0.25, 0.3) is 11.3 Å². The summed E-state index contributed by atoms with van der Waals surface area (Å²) in [7, 11) is 0. The van der Waals surface area contributed by atoms with Gasteiger partial charge in [0, 0.05) is 22.3 Å². The van der Waals surface area contributed by atoms with Gasteiger partial charge in [0.05, 0.1) is 10.7 Å². The second kappa shape index (κ2) is 4.64. The fraction of sp³-hybridized carbons (Fsp3) is 0. The van der Waals surface area contributed by atoms with Gasteiger partial charge < -0.3 is 0 Å². The molecule has 0 aliphatic carbocycles. The van der Waals surface area contributed by atoms with Gasteiger partial charge in [0.15, 0.2) is 6.29 Å². The minimum absolute atomic E-state index is 0.492. The molecule has 0 atom stereocenters. The van der Waals surface area contributed by atoms with Crippen LogP contribution in [0.1, 0.15) is 10.4 Å². The third kappa shape index (κ3) is 2.08. The van der Waals surface area contributed by atoms with Crippen LogP contribution < -0.4 is 0 Å². The first-order valence-corrected chi connectivity index (χ1v) is 5.33. The van der Waals surface area contributed by atoms with Crippen molar-refractivity contribution in [3.63, 3.8) is 0 Å². The lowest BCUT2D eigenvalue weighted by molar-refractivity contribution is 0.112. The highest BCUT2D eigenvalue weighted by Gasteiger charge is 2.09. The zero-order valence-corrected chi connectivity index (χ0v) is 9.66. The number of aromatic nitrogens is 1. The summed E-state index contributed by atoms with van der Waals surface area (Å²) in [6.07, 6.45) is 2.36. The maximum Gasteiger partial charge on any atom is 0.152 e. The van der Waals surface area contributed by atoms with Crippen molar-refractivity contribution in [2.45, 2.75) is 0 Å². The van der Waals surface area contributed by atoms with Gasteiger partial charge >= 0.3 is 0 Å². The smallest absolute Gasteiger partial charge is 0.152 e. The quantitative estimate of drug-likeness (QED) is 0.759. The summed E-state index contributed by atoms with van der Waals surface area (Å²) in [5.41, 5.74) is 1.70. The molecule has 0 spiro atoms. The molecular formula is C12H7Cl2NO. The van der Waals surface area contributed by atoms with Crippen LogP contribution in [0.4, 0.5) is 0 Å². The Morgan fingerprint density at radius 2 is 2.00 bits per heavy atom. The molecule has 2 rings (SSSR count). The van der Waals surface area contributed by atoms with Gasteiger partial charge in [0.1, 0.15) is 0 Å². The second-order valence-corrected chi connectivity index (χ2v) is 4.03. The van der Waals surface area contributed by atoms with Crippen molar-refractivity contribution in [2.75, 3.05) is 0 Å². The van der Waals surface area contributed by atoms with Gasteiger partial charge in [0.2, 0.25) is 0 Å². The molecule has 0 aliphatic rings. The third-order valence-corrected chi connectivity index (χ3v) is 2.71. The number of pyridine rings is 1. The van der Waals surface area contributed by atoms with E-state index < -0.39 is 0 Å². The molecule has 0 N–H and O–H groups in total. The number of carbonyl (C=O) groups is 1. The first kappa shape index (κ1) is 11.1. The van der Waals surface area contributed by atoms with Gasteiger partial charge in [-0.25, -0.2) is 0 Å². The van der Waals surface area contributed by atoms with Gasteiger partial charge in [-0.3, -0.25) is 9.78 Å². The Morgan fingerprint density at radius 1 is 1.19 bits per heavy atom. The van der Waals surface area contributed by atoms with E-state index >= 15 is 0 Å². The zero-order chi connectivity index (χ0) is 11.5. The summed E-state index contributed by atoms with van der Waals surface area (Å²) in [6, 6.07) is 8.46. The molecule has 0 saturated carbocycles. The number of rotatable bonds is 2. The first-order chi connectivity index (χ1) is 7.72. The molecule has 2 aromatic rings. The predicted molar refractivity (Wildman–Crippen MR) is 65.1 cm³/mol. The van der Waals surface area contributed by atoms with E-state index in [1.807, 2.05) is 0 Å². The van der Waals surface area contributed by atoms with Crippen LogP contribution in [0.5, 0.6) is 0 Å². The standard InChI is InChI=1S/C12H7Cl2NO/c13-9-3-4-11(14)10(6-9)12-8(7-16)2-1-5-15-12/h1-7H. The Morgan fingerprint density at radius 3 is 2.75 bits per heavy atom. The molecule has 1 heterocycles. The Balaban J connectivity index is 2.66. The van der Waals surface area contributed by atoms with Crippen LogP contribution in [0.2, 0.25) is 10.0 Å². The van der Waals surface area contributed by atoms with Crippen LogP contribution in [-0.2, 0) is 0 Å². The van der Waals surface area contributed by atoms with E-state index in [0.29, 0.717) is 26.9 Å². The predicted octanol–water partition coefficient (Wildman–Crippen LogP) is 3.87. The molecule has 0 fully saturated rings. The lowest BCUT2D eigenvalue weighted by atomic mass is 10.1. The number of aldehydes is 1. The molecule has 80 valence electrons. The number of nitrogens with zero attached hydrogens (tertiary/aromatic N) is 1. The molecule has 16 heavy (non-hydrogen) atoms. The molecule has 0 aliphatic heterocycles. The highest BCUT2D eigenvalue weighted by molar-refractivity contribution is 6.35.